The Balaban J connectivity index is 2.44. The first kappa shape index (κ1) is 12.8. The van der Waals surface area contributed by atoms with Crippen LogP contribution in [0.15, 0.2) is 18.2 Å². The summed E-state index contributed by atoms with van der Waals surface area (Å²) >= 11 is 5.93. The average molecular weight is 271 g/mol. The lowest BCUT2D eigenvalue weighted by atomic mass is 10.1. The van der Waals surface area contributed by atoms with E-state index in [0.29, 0.717) is 12.1 Å². The molecule has 1 aromatic rings. The molecule has 1 aliphatic heterocycles. The minimum absolute atomic E-state index is 0.0664. The highest BCUT2D eigenvalue weighted by Gasteiger charge is 2.35. The van der Waals surface area contributed by atoms with Gasteiger partial charge in [-0.15, -0.1) is 0 Å². The molecule has 0 saturated carbocycles. The third-order valence-corrected chi connectivity index (χ3v) is 3.16. The maximum absolute atomic E-state index is 13.0. The third-order valence-electron chi connectivity index (χ3n) is 2.85. The van der Waals surface area contributed by atoms with Crippen molar-refractivity contribution in [3.63, 3.8) is 0 Å². The van der Waals surface area contributed by atoms with E-state index in [-0.39, 0.29) is 23.4 Å². The van der Waals surface area contributed by atoms with Crippen LogP contribution in [0.25, 0.3) is 0 Å². The van der Waals surface area contributed by atoms with E-state index >= 15 is 0 Å². The average Bonchev–Trinajstić information content (AvgIpc) is 2.33. The summed E-state index contributed by atoms with van der Waals surface area (Å²) in [5.74, 6) is -0.960. The van der Waals surface area contributed by atoms with Crippen molar-refractivity contribution in [1.82, 2.24) is 5.32 Å². The number of piperazine rings is 1. The van der Waals surface area contributed by atoms with E-state index in [1.165, 1.54) is 17.0 Å². The molecule has 1 N–H and O–H groups in total. The fourth-order valence-electron chi connectivity index (χ4n) is 2.00. The molecule has 2 amide bonds. The summed E-state index contributed by atoms with van der Waals surface area (Å²) in [6.45, 7) is 1.73. The Bertz CT molecular complexity index is 507. The topological polar surface area (TPSA) is 49.4 Å². The van der Waals surface area contributed by atoms with Crippen LogP contribution in [0.1, 0.15) is 13.3 Å². The zero-order chi connectivity index (χ0) is 13.3. The van der Waals surface area contributed by atoms with Gasteiger partial charge >= 0.3 is 0 Å². The first-order chi connectivity index (χ1) is 8.54. The Hall–Kier alpha value is -1.62. The second-order valence-corrected chi connectivity index (χ2v) is 4.41. The number of carbonyl (C=O) groups is 2. The number of amides is 2. The first-order valence-corrected chi connectivity index (χ1v) is 5.97. The van der Waals surface area contributed by atoms with E-state index in [2.05, 4.69) is 5.32 Å². The molecule has 6 heteroatoms. The van der Waals surface area contributed by atoms with Crippen LogP contribution < -0.4 is 10.2 Å². The van der Waals surface area contributed by atoms with Crippen LogP contribution in [0.3, 0.4) is 0 Å². The molecule has 1 aromatic carbocycles. The van der Waals surface area contributed by atoms with Crippen LogP contribution in [0.2, 0.25) is 5.02 Å². The Kier molecular flexibility index (Phi) is 3.52. The molecule has 1 aliphatic rings. The van der Waals surface area contributed by atoms with Gasteiger partial charge in [0.15, 0.2) is 0 Å². The normalized spacial score (nSPS) is 19.9. The lowest BCUT2D eigenvalue weighted by Crippen LogP contribution is -2.58. The number of hydrogen-bond donors (Lipinski definition) is 1. The number of benzene rings is 1. The zero-order valence-corrected chi connectivity index (χ0v) is 10.5. The van der Waals surface area contributed by atoms with Gasteiger partial charge in [0.2, 0.25) is 11.8 Å². The SMILES string of the molecule is CCC1C(=O)NCC(=O)N1c1ccc(F)cc1Cl. The molecule has 96 valence electrons. The van der Waals surface area contributed by atoms with Crippen LogP contribution in [-0.2, 0) is 9.59 Å². The van der Waals surface area contributed by atoms with Gasteiger partial charge in [-0.2, -0.15) is 0 Å². The largest absolute Gasteiger partial charge is 0.345 e. The van der Waals surface area contributed by atoms with Gasteiger partial charge in [0, 0.05) is 0 Å². The van der Waals surface area contributed by atoms with Crippen molar-refractivity contribution in [3.05, 3.63) is 29.0 Å². The van der Waals surface area contributed by atoms with Gasteiger partial charge in [-0.25, -0.2) is 4.39 Å². The number of anilines is 1. The molecule has 4 nitrogen and oxygen atoms in total. The highest BCUT2D eigenvalue weighted by atomic mass is 35.5. The summed E-state index contributed by atoms with van der Waals surface area (Å²) in [6.07, 6.45) is 0.464. The molecule has 1 atom stereocenters. The van der Waals surface area contributed by atoms with Crippen molar-refractivity contribution in [3.8, 4) is 0 Å². The molecule has 0 aromatic heterocycles. The van der Waals surface area contributed by atoms with E-state index in [4.69, 9.17) is 11.6 Å². The Labute approximate surface area is 109 Å². The number of rotatable bonds is 2. The monoisotopic (exact) mass is 270 g/mol. The summed E-state index contributed by atoms with van der Waals surface area (Å²) in [7, 11) is 0. The molecule has 1 unspecified atom stereocenters. The highest BCUT2D eigenvalue weighted by molar-refractivity contribution is 6.34. The van der Waals surface area contributed by atoms with E-state index < -0.39 is 11.9 Å². The summed E-state index contributed by atoms with van der Waals surface area (Å²) in [5, 5.41) is 2.64. The van der Waals surface area contributed by atoms with Crippen LogP contribution in [0.4, 0.5) is 10.1 Å². The summed E-state index contributed by atoms with van der Waals surface area (Å²) in [6, 6.07) is 3.16. The van der Waals surface area contributed by atoms with Crippen LogP contribution in [-0.4, -0.2) is 24.4 Å². The van der Waals surface area contributed by atoms with Gasteiger partial charge in [-0.05, 0) is 24.6 Å². The van der Waals surface area contributed by atoms with E-state index in [1.807, 2.05) is 0 Å². The molecular weight excluding hydrogens is 259 g/mol. The predicted octanol–water partition coefficient (Wildman–Crippen LogP) is 1.72. The molecule has 0 spiro atoms. The predicted molar refractivity (Wildman–Crippen MR) is 66.0 cm³/mol. The van der Waals surface area contributed by atoms with Crippen molar-refractivity contribution in [1.29, 1.82) is 0 Å². The molecule has 18 heavy (non-hydrogen) atoms. The van der Waals surface area contributed by atoms with Crippen molar-refractivity contribution in [2.24, 2.45) is 0 Å². The van der Waals surface area contributed by atoms with Gasteiger partial charge in [-0.1, -0.05) is 18.5 Å². The molecule has 1 saturated heterocycles. The van der Waals surface area contributed by atoms with Gasteiger partial charge in [-0.3, -0.25) is 14.5 Å². The zero-order valence-electron chi connectivity index (χ0n) is 9.74. The molecule has 1 fully saturated rings. The summed E-state index contributed by atoms with van der Waals surface area (Å²) < 4.78 is 13.0. The molecular formula is C12H12ClFN2O2. The Morgan fingerprint density at radius 1 is 1.50 bits per heavy atom. The van der Waals surface area contributed by atoms with Crippen LogP contribution >= 0.6 is 11.6 Å². The van der Waals surface area contributed by atoms with Gasteiger partial charge < -0.3 is 5.32 Å². The van der Waals surface area contributed by atoms with Gasteiger partial charge in [0.25, 0.3) is 0 Å². The number of nitrogens with one attached hydrogen (secondary N) is 1. The van der Waals surface area contributed by atoms with E-state index in [0.717, 1.165) is 6.07 Å². The van der Waals surface area contributed by atoms with Crippen molar-refractivity contribution >= 4 is 29.1 Å². The minimum atomic E-state index is -0.603. The second-order valence-electron chi connectivity index (χ2n) is 4.00. The number of nitrogens with zero attached hydrogens (tertiary/aromatic N) is 1. The first-order valence-electron chi connectivity index (χ1n) is 5.59. The highest BCUT2D eigenvalue weighted by Crippen LogP contribution is 2.30. The fourth-order valence-corrected chi connectivity index (χ4v) is 2.26. The van der Waals surface area contributed by atoms with Crippen LogP contribution in [0.5, 0.6) is 0 Å². The lowest BCUT2D eigenvalue weighted by Gasteiger charge is -2.34. The fraction of sp³-hybridized carbons (Fsp3) is 0.333. The van der Waals surface area contributed by atoms with Crippen molar-refractivity contribution < 1.29 is 14.0 Å². The number of hydrogen-bond acceptors (Lipinski definition) is 2. The van der Waals surface area contributed by atoms with Crippen molar-refractivity contribution in [2.75, 3.05) is 11.4 Å². The van der Waals surface area contributed by atoms with Crippen molar-refractivity contribution in [2.45, 2.75) is 19.4 Å². The lowest BCUT2D eigenvalue weighted by molar-refractivity contribution is -0.131. The maximum Gasteiger partial charge on any atom is 0.247 e. The summed E-state index contributed by atoms with van der Waals surface area (Å²) in [4.78, 5) is 25.0. The number of halogens is 2. The molecule has 0 radical (unpaired) electrons. The quantitative estimate of drug-likeness (QED) is 0.890. The van der Waals surface area contributed by atoms with Gasteiger partial charge in [0.05, 0.1) is 17.3 Å². The smallest absolute Gasteiger partial charge is 0.247 e. The molecule has 0 aliphatic carbocycles. The second kappa shape index (κ2) is 4.94. The Morgan fingerprint density at radius 3 is 2.83 bits per heavy atom. The number of carbonyl (C=O) groups excluding carboxylic acids is 2. The summed E-state index contributed by atoms with van der Waals surface area (Å²) in [5.41, 5.74) is 0.366. The molecule has 1 heterocycles. The van der Waals surface area contributed by atoms with Gasteiger partial charge in [0.1, 0.15) is 11.9 Å². The van der Waals surface area contributed by atoms with E-state index in [9.17, 15) is 14.0 Å². The van der Waals surface area contributed by atoms with E-state index in [1.54, 1.807) is 6.92 Å². The minimum Gasteiger partial charge on any atom is -0.345 e. The Morgan fingerprint density at radius 2 is 2.22 bits per heavy atom. The van der Waals surface area contributed by atoms with Crippen LogP contribution in [0, 0.1) is 5.82 Å². The molecule has 0 bridgehead atoms. The standard InChI is InChI=1S/C12H12ClFN2O2/c1-2-9-12(18)15-6-11(17)16(9)10-4-3-7(14)5-8(10)13/h3-5,9H,2,6H2,1H3,(H,15,18). The maximum atomic E-state index is 13.0. The third kappa shape index (κ3) is 2.18. The molecule has 2 rings (SSSR count).